The van der Waals surface area contributed by atoms with E-state index in [0.717, 1.165) is 16.1 Å². The Morgan fingerprint density at radius 2 is 1.80 bits per heavy atom. The number of rotatable bonds is 12. The van der Waals surface area contributed by atoms with Crippen molar-refractivity contribution in [1.29, 1.82) is 0 Å². The summed E-state index contributed by atoms with van der Waals surface area (Å²) in [4.78, 5) is 31.1. The predicted octanol–water partition coefficient (Wildman–Crippen LogP) is 1.13. The van der Waals surface area contributed by atoms with E-state index in [-0.39, 0.29) is 29.6 Å². The molecule has 2 aromatic carbocycles. The van der Waals surface area contributed by atoms with Gasteiger partial charge >= 0.3 is 6.09 Å². The minimum Gasteiger partial charge on any atom is -0.453 e. The van der Waals surface area contributed by atoms with E-state index in [2.05, 4.69) is 25.3 Å². The largest absolute Gasteiger partial charge is 0.453 e. The normalized spacial score (nSPS) is 14.4. The smallest absolute Gasteiger partial charge is 0.413 e. The summed E-state index contributed by atoms with van der Waals surface area (Å²) in [6.45, 7) is 1.10. The molecule has 0 bridgehead atoms. The second-order valence-corrected chi connectivity index (χ2v) is 13.8. The fourth-order valence-corrected chi connectivity index (χ4v) is 6.31. The van der Waals surface area contributed by atoms with Gasteiger partial charge in [0, 0.05) is 25.8 Å². The van der Waals surface area contributed by atoms with E-state index in [1.54, 1.807) is 24.3 Å². The van der Waals surface area contributed by atoms with Gasteiger partial charge in [-0.1, -0.05) is 37.3 Å². The molecule has 40 heavy (non-hydrogen) atoms. The maximum absolute atomic E-state index is 13.3. The van der Waals surface area contributed by atoms with E-state index in [4.69, 9.17) is 0 Å². The average Bonchev–Trinajstić information content (AvgIpc) is 3.29. The van der Waals surface area contributed by atoms with Crippen molar-refractivity contribution in [2.75, 3.05) is 38.0 Å². The molecule has 13 nitrogen and oxygen atoms in total. The zero-order chi connectivity index (χ0) is 29.7. The first-order valence-electron chi connectivity index (χ1n) is 12.2. The number of ether oxygens (including phenoxy) is 1. The maximum Gasteiger partial charge on any atom is 0.413 e. The number of nitrogens with zero attached hydrogens (tertiary/aromatic N) is 2. The minimum absolute atomic E-state index is 0.0739. The number of carbonyl (C=O) groups is 2. The molecule has 0 saturated heterocycles. The molecule has 0 saturated carbocycles. The number of methoxy groups -OCH3 is 1. The van der Waals surface area contributed by atoms with E-state index < -0.39 is 49.9 Å². The van der Waals surface area contributed by atoms with Crippen LogP contribution in [0.2, 0.25) is 0 Å². The van der Waals surface area contributed by atoms with Crippen molar-refractivity contribution in [3.63, 3.8) is 0 Å². The average molecular weight is 596 g/mol. The molecule has 3 atom stereocenters. The summed E-state index contributed by atoms with van der Waals surface area (Å²) in [5.74, 6) is -1.74. The molecular formula is C25H33N5O8S2. The van der Waals surface area contributed by atoms with Crippen molar-refractivity contribution in [3.05, 3.63) is 54.1 Å². The van der Waals surface area contributed by atoms with Crippen LogP contribution in [0.4, 0.5) is 10.7 Å². The van der Waals surface area contributed by atoms with Gasteiger partial charge in [0.2, 0.25) is 21.9 Å². The molecule has 218 valence electrons. The van der Waals surface area contributed by atoms with Gasteiger partial charge in [-0.05, 0) is 30.2 Å². The van der Waals surface area contributed by atoms with Gasteiger partial charge < -0.3 is 20.1 Å². The van der Waals surface area contributed by atoms with Crippen LogP contribution in [0.3, 0.4) is 0 Å². The van der Waals surface area contributed by atoms with Gasteiger partial charge in [0.15, 0.2) is 0 Å². The lowest BCUT2D eigenvalue weighted by molar-refractivity contribution is -0.125. The number of benzene rings is 2. The van der Waals surface area contributed by atoms with Crippen LogP contribution in [0.15, 0.2) is 53.4 Å². The fourth-order valence-electron chi connectivity index (χ4n) is 4.03. The fraction of sp³-hybridized carbons (Fsp3) is 0.400. The summed E-state index contributed by atoms with van der Waals surface area (Å²) >= 11 is 0. The van der Waals surface area contributed by atoms with Crippen LogP contribution in [0.1, 0.15) is 12.5 Å². The van der Waals surface area contributed by atoms with Crippen molar-refractivity contribution in [3.8, 4) is 0 Å². The highest BCUT2D eigenvalue weighted by Gasteiger charge is 2.30. The van der Waals surface area contributed by atoms with E-state index in [1.165, 1.54) is 39.3 Å². The number of carbonyl (C=O) groups excluding carboxylic acids is 2. The Balaban J connectivity index is 1.79. The Morgan fingerprint density at radius 1 is 1.12 bits per heavy atom. The number of aliphatic hydroxyl groups is 1. The Hall–Kier alpha value is -3.53. The number of hydrogen-bond donors (Lipinski definition) is 4. The summed E-state index contributed by atoms with van der Waals surface area (Å²) in [7, 11) is -5.02. The number of amides is 2. The zero-order valence-electron chi connectivity index (χ0n) is 22.5. The lowest BCUT2D eigenvalue weighted by atomic mass is 10.00. The third kappa shape index (κ3) is 8.24. The Kier molecular flexibility index (Phi) is 9.89. The molecule has 4 N–H and O–H groups in total. The maximum atomic E-state index is 13.3. The number of likely N-dealkylation sites (N-methyl/N-ethyl adjacent to an activating group) is 1. The van der Waals surface area contributed by atoms with Gasteiger partial charge in [0.1, 0.15) is 9.84 Å². The quantitative estimate of drug-likeness (QED) is 0.238. The predicted molar refractivity (Wildman–Crippen MR) is 149 cm³/mol. The van der Waals surface area contributed by atoms with Gasteiger partial charge in [-0.3, -0.25) is 10.1 Å². The number of sulfonamides is 1. The van der Waals surface area contributed by atoms with Crippen molar-refractivity contribution in [1.82, 2.24) is 19.6 Å². The number of sulfone groups is 1. The molecule has 0 spiro atoms. The van der Waals surface area contributed by atoms with Crippen LogP contribution in [0.25, 0.3) is 11.0 Å². The number of imidazole rings is 1. The molecule has 0 aliphatic carbocycles. The number of aliphatic hydroxyl groups excluding tert-OH is 1. The molecular weight excluding hydrogens is 562 g/mol. The summed E-state index contributed by atoms with van der Waals surface area (Å²) in [5, 5.41) is 16.2. The molecule has 1 aromatic heterocycles. The zero-order valence-corrected chi connectivity index (χ0v) is 24.1. The van der Waals surface area contributed by atoms with E-state index in [1.807, 2.05) is 6.07 Å². The third-order valence-corrected chi connectivity index (χ3v) is 9.03. The lowest BCUT2D eigenvalue weighted by Crippen LogP contribution is -2.51. The molecule has 15 heteroatoms. The molecule has 3 unspecified atom stereocenters. The molecule has 1 heterocycles. The Bertz CT molecular complexity index is 1560. The van der Waals surface area contributed by atoms with Crippen molar-refractivity contribution in [2.45, 2.75) is 30.4 Å². The number of hydrogen-bond acceptors (Lipinski definition) is 9. The molecule has 3 aromatic rings. The highest BCUT2D eigenvalue weighted by atomic mass is 32.2. The van der Waals surface area contributed by atoms with Gasteiger partial charge in [-0.15, -0.1) is 0 Å². The highest BCUT2D eigenvalue weighted by Crippen LogP contribution is 2.22. The van der Waals surface area contributed by atoms with Gasteiger partial charge in [0.25, 0.3) is 0 Å². The first-order valence-corrected chi connectivity index (χ1v) is 15.7. The molecule has 2 amide bonds. The SMILES string of the molecule is COC(=O)Nc1nc2ccc(S(=O)(=O)N(C)CC(O)C(Cc3ccccc3)NC(=O)C(C)CS(C)(=O)=O)cc2[nH]1. The van der Waals surface area contributed by atoms with Crippen LogP contribution < -0.4 is 10.6 Å². The molecule has 0 aliphatic heterocycles. The molecule has 3 rings (SSSR count). The first kappa shape index (κ1) is 31.0. The van der Waals surface area contributed by atoms with Crippen molar-refractivity contribution in [2.24, 2.45) is 5.92 Å². The summed E-state index contributed by atoms with van der Waals surface area (Å²) in [6, 6.07) is 12.3. The number of aromatic amines is 1. The molecule has 0 aliphatic rings. The molecule has 0 radical (unpaired) electrons. The summed E-state index contributed by atoms with van der Waals surface area (Å²) in [5.41, 5.74) is 1.53. The summed E-state index contributed by atoms with van der Waals surface area (Å²) < 4.78 is 55.5. The van der Waals surface area contributed by atoms with E-state index in [0.29, 0.717) is 11.0 Å². The number of H-pyrrole nitrogens is 1. The van der Waals surface area contributed by atoms with Gasteiger partial charge in [-0.2, -0.15) is 4.31 Å². The van der Waals surface area contributed by atoms with Gasteiger partial charge in [-0.25, -0.2) is 26.6 Å². The second-order valence-electron chi connectivity index (χ2n) is 9.53. The van der Waals surface area contributed by atoms with E-state index in [9.17, 15) is 31.5 Å². The topological polar surface area (TPSA) is 188 Å². The number of fused-ring (bicyclic) bond motifs is 1. The Morgan fingerprint density at radius 3 is 2.42 bits per heavy atom. The third-order valence-electron chi connectivity index (χ3n) is 6.10. The van der Waals surface area contributed by atoms with Crippen molar-refractivity contribution >= 4 is 48.8 Å². The number of anilines is 1. The second kappa shape index (κ2) is 12.8. The van der Waals surface area contributed by atoms with Gasteiger partial charge in [0.05, 0.1) is 40.9 Å². The Labute approximate surface area is 232 Å². The first-order chi connectivity index (χ1) is 18.7. The van der Waals surface area contributed by atoms with E-state index >= 15 is 0 Å². The summed E-state index contributed by atoms with van der Waals surface area (Å²) in [6.07, 6.45) is -0.864. The van der Waals surface area contributed by atoms with Crippen LogP contribution in [0.5, 0.6) is 0 Å². The monoisotopic (exact) mass is 595 g/mol. The number of aromatic nitrogens is 2. The lowest BCUT2D eigenvalue weighted by Gasteiger charge is -2.29. The molecule has 0 fully saturated rings. The van der Waals surface area contributed by atoms with Crippen LogP contribution >= 0.6 is 0 Å². The van der Waals surface area contributed by atoms with Crippen molar-refractivity contribution < 1.29 is 36.3 Å². The van der Waals surface area contributed by atoms with Crippen LogP contribution in [-0.2, 0) is 35.8 Å². The minimum atomic E-state index is -4.10. The van der Waals surface area contributed by atoms with Crippen LogP contribution in [0, 0.1) is 5.92 Å². The highest BCUT2D eigenvalue weighted by molar-refractivity contribution is 7.90. The van der Waals surface area contributed by atoms with Crippen LogP contribution in [-0.4, -0.2) is 93.1 Å². The number of nitrogens with one attached hydrogen (secondary N) is 3. The standard InChI is InChI=1S/C25H33N5O8S2/c1-16(15-39(4,34)35)23(32)26-21(12-17-8-6-5-7-9-17)22(31)14-30(2)40(36,37)18-10-11-19-20(13-18)28-24(27-19)29-25(33)38-3/h5-11,13,16,21-22,31H,12,14-15H2,1-4H3,(H,26,32)(H2,27,28,29,33).